The lowest BCUT2D eigenvalue weighted by Crippen LogP contribution is -2.44. The standard InChI is InChI=1S/C28H35N3O2/c1-20-10-8-11-21(2)30(20)16-6-3-7-17-31-26-15-5-4-12-23(26)19-25(28(31)33)22-13-9-14-24(18-22)27(29)32/h4-5,9,12-15,18-21H,3,6-8,10-11,16-17H2,1-2H3,(H2,29,32). The molecule has 0 bridgehead atoms. The molecule has 0 saturated carbocycles. The summed E-state index contributed by atoms with van der Waals surface area (Å²) in [5.41, 5.74) is 8.13. The Balaban J connectivity index is 1.52. The van der Waals surface area contributed by atoms with Gasteiger partial charge in [-0.1, -0.05) is 43.2 Å². The molecule has 2 heterocycles. The number of nitrogens with two attached hydrogens (primary N) is 1. The number of rotatable bonds is 8. The first kappa shape index (κ1) is 23.2. The Hall–Kier alpha value is -2.92. The fraction of sp³-hybridized carbons (Fsp3) is 0.429. The van der Waals surface area contributed by atoms with E-state index in [4.69, 9.17) is 5.73 Å². The van der Waals surface area contributed by atoms with Crippen LogP contribution >= 0.6 is 0 Å². The molecule has 1 saturated heterocycles. The normalized spacial score (nSPS) is 19.1. The minimum Gasteiger partial charge on any atom is -0.366 e. The van der Waals surface area contributed by atoms with E-state index < -0.39 is 5.91 Å². The molecule has 1 fully saturated rings. The molecular weight excluding hydrogens is 410 g/mol. The van der Waals surface area contributed by atoms with E-state index in [0.29, 0.717) is 29.8 Å². The van der Waals surface area contributed by atoms with Crippen LogP contribution in [0.2, 0.25) is 0 Å². The van der Waals surface area contributed by atoms with Crippen LogP contribution in [-0.4, -0.2) is 34.0 Å². The third-order valence-corrected chi connectivity index (χ3v) is 7.14. The molecule has 1 aromatic heterocycles. The van der Waals surface area contributed by atoms with Gasteiger partial charge >= 0.3 is 0 Å². The Bertz CT molecular complexity index is 1170. The molecule has 4 rings (SSSR count). The number of pyridine rings is 1. The molecule has 1 amide bonds. The minimum absolute atomic E-state index is 0.0198. The van der Waals surface area contributed by atoms with Gasteiger partial charge in [-0.05, 0) is 81.3 Å². The average molecular weight is 446 g/mol. The van der Waals surface area contributed by atoms with Crippen LogP contribution in [0.25, 0.3) is 22.0 Å². The predicted molar refractivity (Wildman–Crippen MR) is 135 cm³/mol. The molecule has 33 heavy (non-hydrogen) atoms. The largest absolute Gasteiger partial charge is 0.366 e. The van der Waals surface area contributed by atoms with Gasteiger partial charge in [0.15, 0.2) is 0 Å². The van der Waals surface area contributed by atoms with Crippen molar-refractivity contribution in [2.45, 2.75) is 71.0 Å². The summed E-state index contributed by atoms with van der Waals surface area (Å²) in [5, 5.41) is 1.02. The number of unbranched alkanes of at least 4 members (excludes halogenated alkanes) is 2. The van der Waals surface area contributed by atoms with Crippen LogP contribution in [0.3, 0.4) is 0 Å². The number of piperidine rings is 1. The van der Waals surface area contributed by atoms with Gasteiger partial charge in [-0.2, -0.15) is 0 Å². The number of likely N-dealkylation sites (tertiary alicyclic amines) is 1. The number of benzene rings is 2. The van der Waals surface area contributed by atoms with Gasteiger partial charge in [0.2, 0.25) is 5.91 Å². The zero-order chi connectivity index (χ0) is 23.4. The first-order chi connectivity index (χ1) is 16.0. The molecule has 3 aromatic rings. The SMILES string of the molecule is CC1CCCC(C)N1CCCCCn1c(=O)c(-c2cccc(C(N)=O)c2)cc2ccccc21. The zero-order valence-corrected chi connectivity index (χ0v) is 19.8. The summed E-state index contributed by atoms with van der Waals surface area (Å²) in [5.74, 6) is -0.490. The highest BCUT2D eigenvalue weighted by Crippen LogP contribution is 2.24. The van der Waals surface area contributed by atoms with Gasteiger partial charge in [0.1, 0.15) is 0 Å². The third kappa shape index (κ3) is 5.19. The smallest absolute Gasteiger partial charge is 0.258 e. The van der Waals surface area contributed by atoms with E-state index in [1.165, 1.54) is 19.3 Å². The van der Waals surface area contributed by atoms with Gasteiger partial charge in [0.25, 0.3) is 5.56 Å². The van der Waals surface area contributed by atoms with Gasteiger partial charge in [0.05, 0.1) is 5.52 Å². The second-order valence-corrected chi connectivity index (χ2v) is 9.45. The van der Waals surface area contributed by atoms with E-state index in [2.05, 4.69) is 18.7 Å². The van der Waals surface area contributed by atoms with Crippen molar-refractivity contribution in [1.29, 1.82) is 0 Å². The van der Waals surface area contributed by atoms with E-state index in [1.54, 1.807) is 18.2 Å². The first-order valence-electron chi connectivity index (χ1n) is 12.2. The lowest BCUT2D eigenvalue weighted by atomic mass is 9.97. The number of primary amides is 1. The van der Waals surface area contributed by atoms with Crippen LogP contribution in [0.4, 0.5) is 0 Å². The Labute approximate surface area is 196 Å². The number of hydrogen-bond donors (Lipinski definition) is 1. The molecule has 0 radical (unpaired) electrons. The van der Waals surface area contributed by atoms with Gasteiger partial charge in [-0.15, -0.1) is 0 Å². The third-order valence-electron chi connectivity index (χ3n) is 7.14. The van der Waals surface area contributed by atoms with E-state index in [9.17, 15) is 9.59 Å². The van der Waals surface area contributed by atoms with Gasteiger partial charge in [0, 0.05) is 29.8 Å². The molecule has 1 aliphatic rings. The number of fused-ring (bicyclic) bond motifs is 1. The van der Waals surface area contributed by atoms with Crippen LogP contribution in [0, 0.1) is 0 Å². The summed E-state index contributed by atoms with van der Waals surface area (Å²) >= 11 is 0. The van der Waals surface area contributed by atoms with E-state index in [1.807, 2.05) is 41.0 Å². The minimum atomic E-state index is -0.490. The second kappa shape index (κ2) is 10.3. The van der Waals surface area contributed by atoms with Crippen LogP contribution < -0.4 is 11.3 Å². The highest BCUT2D eigenvalue weighted by Gasteiger charge is 2.23. The van der Waals surface area contributed by atoms with Crippen molar-refractivity contribution in [3.63, 3.8) is 0 Å². The first-order valence-corrected chi connectivity index (χ1v) is 12.2. The molecule has 2 aromatic carbocycles. The van der Waals surface area contributed by atoms with Crippen LogP contribution in [-0.2, 0) is 6.54 Å². The van der Waals surface area contributed by atoms with Crippen LogP contribution in [0.15, 0.2) is 59.4 Å². The Morgan fingerprint density at radius 3 is 2.42 bits per heavy atom. The van der Waals surface area contributed by atoms with Crippen molar-refractivity contribution < 1.29 is 4.79 Å². The summed E-state index contributed by atoms with van der Waals surface area (Å²) in [7, 11) is 0. The van der Waals surface area contributed by atoms with Crippen molar-refractivity contribution in [3.8, 4) is 11.1 Å². The molecule has 0 aliphatic carbocycles. The van der Waals surface area contributed by atoms with Gasteiger partial charge in [-0.3, -0.25) is 14.5 Å². The quantitative estimate of drug-likeness (QED) is 0.485. The molecule has 174 valence electrons. The molecule has 0 spiro atoms. The lowest BCUT2D eigenvalue weighted by Gasteiger charge is -2.39. The Kier molecular flexibility index (Phi) is 7.29. The summed E-state index contributed by atoms with van der Waals surface area (Å²) in [4.78, 5) is 27.8. The maximum atomic E-state index is 13.5. The molecule has 5 nitrogen and oxygen atoms in total. The summed E-state index contributed by atoms with van der Waals surface area (Å²) in [6, 6.07) is 18.3. The van der Waals surface area contributed by atoms with Crippen LogP contribution in [0.5, 0.6) is 0 Å². The maximum Gasteiger partial charge on any atom is 0.258 e. The van der Waals surface area contributed by atoms with Crippen molar-refractivity contribution in [2.75, 3.05) is 6.54 Å². The van der Waals surface area contributed by atoms with E-state index in [0.717, 1.165) is 42.3 Å². The lowest BCUT2D eigenvalue weighted by molar-refractivity contribution is 0.1000. The number of carbonyl (C=O) groups excluding carboxylic acids is 1. The monoisotopic (exact) mass is 445 g/mol. The molecule has 1 aliphatic heterocycles. The van der Waals surface area contributed by atoms with Crippen molar-refractivity contribution in [3.05, 3.63) is 70.5 Å². The topological polar surface area (TPSA) is 68.3 Å². The van der Waals surface area contributed by atoms with Gasteiger partial charge < -0.3 is 10.3 Å². The molecule has 2 atom stereocenters. The number of aryl methyl sites for hydroxylation is 1. The molecule has 2 N–H and O–H groups in total. The zero-order valence-electron chi connectivity index (χ0n) is 19.8. The average Bonchev–Trinajstić information content (AvgIpc) is 2.81. The van der Waals surface area contributed by atoms with Gasteiger partial charge in [-0.25, -0.2) is 0 Å². The number of nitrogens with zero attached hydrogens (tertiary/aromatic N) is 2. The second-order valence-electron chi connectivity index (χ2n) is 9.45. The fourth-order valence-electron chi connectivity index (χ4n) is 5.25. The highest BCUT2D eigenvalue weighted by molar-refractivity contribution is 5.94. The van der Waals surface area contributed by atoms with Crippen molar-refractivity contribution >= 4 is 16.8 Å². The predicted octanol–water partition coefficient (Wildman–Crippen LogP) is 5.20. The number of aromatic nitrogens is 1. The van der Waals surface area contributed by atoms with Crippen molar-refractivity contribution in [1.82, 2.24) is 9.47 Å². The number of amides is 1. The van der Waals surface area contributed by atoms with Crippen molar-refractivity contribution in [2.24, 2.45) is 5.73 Å². The fourth-order valence-corrected chi connectivity index (χ4v) is 5.25. The molecular formula is C28H35N3O2. The molecule has 5 heteroatoms. The maximum absolute atomic E-state index is 13.5. The number of hydrogen-bond acceptors (Lipinski definition) is 3. The Morgan fingerprint density at radius 2 is 1.67 bits per heavy atom. The highest BCUT2D eigenvalue weighted by atomic mass is 16.1. The Morgan fingerprint density at radius 1 is 0.939 bits per heavy atom. The molecule has 2 unspecified atom stereocenters. The number of carbonyl (C=O) groups is 1. The summed E-state index contributed by atoms with van der Waals surface area (Å²) in [6.07, 6.45) is 7.16. The van der Waals surface area contributed by atoms with E-state index >= 15 is 0 Å². The van der Waals surface area contributed by atoms with Crippen LogP contribution in [0.1, 0.15) is 62.7 Å². The van der Waals surface area contributed by atoms with E-state index in [-0.39, 0.29) is 5.56 Å². The summed E-state index contributed by atoms with van der Waals surface area (Å²) < 4.78 is 1.90. The number of para-hydroxylation sites is 1. The summed E-state index contributed by atoms with van der Waals surface area (Å²) in [6.45, 7) is 6.52.